The lowest BCUT2D eigenvalue weighted by molar-refractivity contribution is -0.130. The molecular weight excluding hydrogens is 278 g/mol. The third kappa shape index (κ3) is 3.75. The zero-order valence-corrected chi connectivity index (χ0v) is 13.8. The van der Waals surface area contributed by atoms with E-state index in [1.54, 1.807) is 13.2 Å². The van der Waals surface area contributed by atoms with Gasteiger partial charge in [-0.2, -0.15) is 0 Å². The molecule has 0 saturated heterocycles. The second-order valence-electron chi connectivity index (χ2n) is 6.18. The highest BCUT2D eigenvalue weighted by molar-refractivity contribution is 6.07. The first-order valence-electron chi connectivity index (χ1n) is 7.60. The van der Waals surface area contributed by atoms with Gasteiger partial charge in [0.05, 0.1) is 7.11 Å². The molecule has 1 heterocycles. The summed E-state index contributed by atoms with van der Waals surface area (Å²) in [7, 11) is 1.62. The second kappa shape index (κ2) is 6.77. The second-order valence-corrected chi connectivity index (χ2v) is 6.18. The summed E-state index contributed by atoms with van der Waals surface area (Å²) < 4.78 is 10.6. The lowest BCUT2D eigenvalue weighted by Gasteiger charge is -2.10. The van der Waals surface area contributed by atoms with E-state index in [-0.39, 0.29) is 0 Å². The molecule has 0 radical (unpaired) electrons. The van der Waals surface area contributed by atoms with Crippen LogP contribution in [-0.2, 0) is 9.53 Å². The van der Waals surface area contributed by atoms with Gasteiger partial charge in [0.1, 0.15) is 5.75 Å². The number of carbonyl (C=O) groups excluding carboxylic acids is 1. The Balaban J connectivity index is 2.37. The highest BCUT2D eigenvalue weighted by Gasteiger charge is 2.23. The van der Waals surface area contributed by atoms with Gasteiger partial charge in [-0.1, -0.05) is 33.8 Å². The lowest BCUT2D eigenvalue weighted by Crippen LogP contribution is -2.06. The Morgan fingerprint density at radius 3 is 2.59 bits per heavy atom. The lowest BCUT2D eigenvalue weighted by atomic mass is 10.00. The summed E-state index contributed by atoms with van der Waals surface area (Å²) in [6.07, 6.45) is 2.40. The fourth-order valence-electron chi connectivity index (χ4n) is 2.26. The number of cyclic esters (lactones) is 1. The highest BCUT2D eigenvalue weighted by atomic mass is 16.6. The number of rotatable bonds is 5. The van der Waals surface area contributed by atoms with E-state index in [0.29, 0.717) is 29.9 Å². The monoisotopic (exact) mass is 301 g/mol. The molecule has 22 heavy (non-hydrogen) atoms. The summed E-state index contributed by atoms with van der Waals surface area (Å²) in [5.41, 5.74) is 2.36. The number of nitrogens with zero attached hydrogens (tertiary/aromatic N) is 1. The molecule has 0 spiro atoms. The van der Waals surface area contributed by atoms with Crippen LogP contribution in [0.15, 0.2) is 28.9 Å². The number of esters is 1. The standard InChI is InChI=1S/C18H23NO3/c1-11(2)8-17-19-15(18(20)22-17)10-14-9-13(12(3)4)6-7-16(14)21-5/h6-7,9-12H,8H2,1-5H3/b15-10-. The topological polar surface area (TPSA) is 47.9 Å². The Labute approximate surface area is 131 Å². The Kier molecular flexibility index (Phi) is 5.01. The van der Waals surface area contributed by atoms with E-state index in [9.17, 15) is 4.79 Å². The smallest absolute Gasteiger partial charge is 0.363 e. The van der Waals surface area contributed by atoms with E-state index in [1.165, 1.54) is 5.56 Å². The Morgan fingerprint density at radius 2 is 2.00 bits per heavy atom. The van der Waals surface area contributed by atoms with Crippen molar-refractivity contribution in [1.82, 2.24) is 0 Å². The van der Waals surface area contributed by atoms with Crippen LogP contribution < -0.4 is 4.74 Å². The van der Waals surface area contributed by atoms with E-state index < -0.39 is 5.97 Å². The predicted octanol–water partition coefficient (Wildman–Crippen LogP) is 4.16. The molecule has 2 rings (SSSR count). The number of methoxy groups -OCH3 is 1. The first-order chi connectivity index (χ1) is 10.4. The van der Waals surface area contributed by atoms with Gasteiger partial charge in [-0.25, -0.2) is 9.79 Å². The van der Waals surface area contributed by atoms with Crippen LogP contribution in [-0.4, -0.2) is 19.0 Å². The molecule has 0 N–H and O–H groups in total. The van der Waals surface area contributed by atoms with Crippen LogP contribution in [0.3, 0.4) is 0 Å². The number of benzene rings is 1. The Hall–Kier alpha value is -2.10. The SMILES string of the molecule is COc1ccc(C(C)C)cc1/C=C1\N=C(CC(C)C)OC1=O. The van der Waals surface area contributed by atoms with E-state index in [0.717, 1.165) is 11.3 Å². The molecule has 4 nitrogen and oxygen atoms in total. The number of hydrogen-bond donors (Lipinski definition) is 0. The van der Waals surface area contributed by atoms with Gasteiger partial charge < -0.3 is 9.47 Å². The summed E-state index contributed by atoms with van der Waals surface area (Å²) in [4.78, 5) is 16.2. The normalized spacial score (nSPS) is 16.4. The maximum atomic E-state index is 11.9. The quantitative estimate of drug-likeness (QED) is 0.606. The number of carbonyl (C=O) groups is 1. The molecule has 1 aliphatic heterocycles. The van der Waals surface area contributed by atoms with Gasteiger partial charge in [0.2, 0.25) is 0 Å². The van der Waals surface area contributed by atoms with Crippen LogP contribution in [0.2, 0.25) is 0 Å². The average Bonchev–Trinajstić information content (AvgIpc) is 2.77. The van der Waals surface area contributed by atoms with Gasteiger partial charge in [0.15, 0.2) is 11.6 Å². The van der Waals surface area contributed by atoms with E-state index >= 15 is 0 Å². The predicted molar refractivity (Wildman–Crippen MR) is 88.0 cm³/mol. The van der Waals surface area contributed by atoms with Crippen LogP contribution in [0.5, 0.6) is 5.75 Å². The van der Waals surface area contributed by atoms with E-state index in [4.69, 9.17) is 9.47 Å². The first-order valence-corrected chi connectivity index (χ1v) is 7.60. The maximum absolute atomic E-state index is 11.9. The van der Waals surface area contributed by atoms with Crippen molar-refractivity contribution >= 4 is 17.9 Å². The third-order valence-corrected chi connectivity index (χ3v) is 3.46. The molecule has 118 valence electrons. The average molecular weight is 301 g/mol. The van der Waals surface area contributed by atoms with Crippen molar-refractivity contribution in [2.24, 2.45) is 10.9 Å². The minimum atomic E-state index is -0.396. The van der Waals surface area contributed by atoms with Gasteiger partial charge in [-0.3, -0.25) is 0 Å². The summed E-state index contributed by atoms with van der Waals surface area (Å²) in [5.74, 6) is 1.61. The molecule has 0 fully saturated rings. The minimum Gasteiger partial charge on any atom is -0.496 e. The van der Waals surface area contributed by atoms with Crippen LogP contribution in [0.4, 0.5) is 0 Å². The van der Waals surface area contributed by atoms with Crippen molar-refractivity contribution in [2.75, 3.05) is 7.11 Å². The summed E-state index contributed by atoms with van der Waals surface area (Å²) >= 11 is 0. The zero-order valence-electron chi connectivity index (χ0n) is 13.8. The molecule has 0 atom stereocenters. The van der Waals surface area contributed by atoms with Crippen molar-refractivity contribution in [2.45, 2.75) is 40.0 Å². The van der Waals surface area contributed by atoms with Crippen molar-refractivity contribution in [3.8, 4) is 5.75 Å². The van der Waals surface area contributed by atoms with Gasteiger partial charge in [0, 0.05) is 12.0 Å². The van der Waals surface area contributed by atoms with Gasteiger partial charge >= 0.3 is 5.97 Å². The first kappa shape index (κ1) is 16.3. The Morgan fingerprint density at radius 1 is 1.27 bits per heavy atom. The Bertz CT molecular complexity index is 627. The summed E-state index contributed by atoms with van der Waals surface area (Å²) in [6, 6.07) is 5.98. The maximum Gasteiger partial charge on any atom is 0.363 e. The van der Waals surface area contributed by atoms with Gasteiger partial charge in [-0.15, -0.1) is 0 Å². The van der Waals surface area contributed by atoms with Crippen LogP contribution in [0.25, 0.3) is 6.08 Å². The number of ether oxygens (including phenoxy) is 2. The third-order valence-electron chi connectivity index (χ3n) is 3.46. The number of aliphatic imine (C=N–C) groups is 1. The molecular formula is C18H23NO3. The minimum absolute atomic E-state index is 0.329. The largest absolute Gasteiger partial charge is 0.496 e. The molecule has 0 unspecified atom stereocenters. The van der Waals surface area contributed by atoms with Crippen LogP contribution >= 0.6 is 0 Å². The molecule has 0 aromatic heterocycles. The highest BCUT2D eigenvalue weighted by Crippen LogP contribution is 2.28. The van der Waals surface area contributed by atoms with E-state index in [2.05, 4.69) is 32.7 Å². The molecule has 4 heteroatoms. The summed E-state index contributed by atoms with van der Waals surface area (Å²) in [6.45, 7) is 8.38. The van der Waals surface area contributed by atoms with Crippen LogP contribution in [0.1, 0.15) is 51.2 Å². The van der Waals surface area contributed by atoms with Crippen molar-refractivity contribution in [3.05, 3.63) is 35.0 Å². The molecule has 1 aromatic carbocycles. The van der Waals surface area contributed by atoms with Crippen molar-refractivity contribution in [1.29, 1.82) is 0 Å². The van der Waals surface area contributed by atoms with Crippen molar-refractivity contribution < 1.29 is 14.3 Å². The van der Waals surface area contributed by atoms with E-state index in [1.807, 2.05) is 18.2 Å². The molecule has 1 aromatic rings. The van der Waals surface area contributed by atoms with Crippen molar-refractivity contribution in [3.63, 3.8) is 0 Å². The van der Waals surface area contributed by atoms with Crippen LogP contribution in [0, 0.1) is 5.92 Å². The fourth-order valence-corrected chi connectivity index (χ4v) is 2.26. The van der Waals surface area contributed by atoms with Gasteiger partial charge in [0.25, 0.3) is 0 Å². The fraction of sp³-hybridized carbons (Fsp3) is 0.444. The summed E-state index contributed by atoms with van der Waals surface area (Å²) in [5, 5.41) is 0. The van der Waals surface area contributed by atoms with Gasteiger partial charge in [-0.05, 0) is 35.6 Å². The number of hydrogen-bond acceptors (Lipinski definition) is 4. The molecule has 0 bridgehead atoms. The molecule has 1 aliphatic rings. The molecule has 0 amide bonds. The zero-order chi connectivity index (χ0) is 16.3. The molecule has 0 aliphatic carbocycles. The molecule has 0 saturated carbocycles.